The fraction of sp³-hybridized carbons (Fsp3) is 0.600. The smallest absolute Gasteiger partial charge is 0.412 e. The topological polar surface area (TPSA) is 46.2 Å². The van der Waals surface area contributed by atoms with Crippen molar-refractivity contribution in [2.24, 2.45) is 0 Å². The quantitative estimate of drug-likeness (QED) is 0.680. The van der Waals surface area contributed by atoms with E-state index in [1.165, 1.54) is 0 Å². The Hall–Kier alpha value is -2.06. The predicted molar refractivity (Wildman–Crippen MR) is 51.2 cm³/mol. The Labute approximate surface area is 130 Å². The third-order valence-corrected chi connectivity index (χ3v) is 2.70. The number of hydrogen-bond donors (Lipinski definition) is 0. The van der Waals surface area contributed by atoms with Crippen LogP contribution in [0.3, 0.4) is 0 Å². The van der Waals surface area contributed by atoms with E-state index in [0.717, 1.165) is 0 Å². The second kappa shape index (κ2) is 5.74. The van der Waals surface area contributed by atoms with Gasteiger partial charge in [-0.05, 0) is 0 Å². The number of ether oxygens (including phenoxy) is 5. The lowest BCUT2D eigenvalue weighted by Crippen LogP contribution is -2.49. The molecule has 2 aliphatic rings. The molecule has 0 aromatic carbocycles. The Bertz CT molecular complexity index is 561. The molecule has 0 aromatic rings. The summed E-state index contributed by atoms with van der Waals surface area (Å²) in [6, 6.07) is 0. The standard InChI is InChI=1S/C10H4F10O5/c11-3(12)5-22-7(15,9(17,18)24-5)1-21-2-8(16)10(19,20)25-6(23-8)4(13)14/h1-2H2. The van der Waals surface area contributed by atoms with Crippen LogP contribution < -0.4 is 0 Å². The first-order valence-corrected chi connectivity index (χ1v) is 5.81. The van der Waals surface area contributed by atoms with Crippen molar-refractivity contribution in [3.05, 3.63) is 24.1 Å². The molecule has 2 unspecified atom stereocenters. The average Bonchev–Trinajstić information content (AvgIpc) is 2.82. The van der Waals surface area contributed by atoms with Gasteiger partial charge in [-0.2, -0.15) is 43.9 Å². The van der Waals surface area contributed by atoms with Gasteiger partial charge in [0, 0.05) is 0 Å². The average molecular weight is 394 g/mol. The molecule has 0 amide bonds. The Balaban J connectivity index is 2.07. The number of rotatable bonds is 4. The van der Waals surface area contributed by atoms with Gasteiger partial charge in [-0.15, -0.1) is 0 Å². The molecule has 25 heavy (non-hydrogen) atoms. The van der Waals surface area contributed by atoms with Crippen LogP contribution >= 0.6 is 0 Å². The summed E-state index contributed by atoms with van der Waals surface area (Å²) in [6.45, 7) is -4.22. The van der Waals surface area contributed by atoms with E-state index in [0.29, 0.717) is 0 Å². The molecule has 0 radical (unpaired) electrons. The lowest BCUT2D eigenvalue weighted by atomic mass is 10.3. The minimum absolute atomic E-state index is 2.11. The summed E-state index contributed by atoms with van der Waals surface area (Å²) in [5.74, 6) is -13.3. The van der Waals surface area contributed by atoms with Gasteiger partial charge in [0.15, 0.2) is 0 Å². The van der Waals surface area contributed by atoms with Crippen molar-refractivity contribution in [1.29, 1.82) is 0 Å². The van der Waals surface area contributed by atoms with Crippen molar-refractivity contribution in [1.82, 2.24) is 0 Å². The highest BCUT2D eigenvalue weighted by molar-refractivity contribution is 5.00. The van der Waals surface area contributed by atoms with Gasteiger partial charge >= 0.3 is 48.0 Å². The van der Waals surface area contributed by atoms with E-state index in [4.69, 9.17) is 0 Å². The number of alkyl halides is 6. The Morgan fingerprint density at radius 1 is 0.640 bits per heavy atom. The summed E-state index contributed by atoms with van der Waals surface area (Å²) in [5, 5.41) is 0. The SMILES string of the molecule is FC(F)=C1OC(F)(F)C(F)(COCC2(F)OC(=C(F)F)OC2(F)F)O1. The molecular weight excluding hydrogens is 390 g/mol. The number of halogens is 10. The van der Waals surface area contributed by atoms with E-state index in [1.807, 2.05) is 0 Å². The van der Waals surface area contributed by atoms with Gasteiger partial charge in [-0.25, -0.2) is 0 Å². The van der Waals surface area contributed by atoms with Crippen LogP contribution in [0.2, 0.25) is 0 Å². The molecule has 0 aliphatic carbocycles. The van der Waals surface area contributed by atoms with Crippen molar-refractivity contribution in [3.8, 4) is 0 Å². The highest BCUT2D eigenvalue weighted by Gasteiger charge is 2.70. The van der Waals surface area contributed by atoms with Crippen molar-refractivity contribution < 1.29 is 67.6 Å². The molecule has 2 saturated heterocycles. The number of hydrogen-bond acceptors (Lipinski definition) is 5. The monoisotopic (exact) mass is 394 g/mol. The summed E-state index contributed by atoms with van der Waals surface area (Å²) >= 11 is 0. The van der Waals surface area contributed by atoms with Crippen LogP contribution in [0.5, 0.6) is 0 Å². The van der Waals surface area contributed by atoms with Crippen LogP contribution in [0, 0.1) is 0 Å². The summed E-state index contributed by atoms with van der Waals surface area (Å²) < 4.78 is 146. The van der Waals surface area contributed by atoms with Gasteiger partial charge in [-0.3, -0.25) is 0 Å². The van der Waals surface area contributed by atoms with Crippen LogP contribution in [0.4, 0.5) is 43.9 Å². The summed E-state index contributed by atoms with van der Waals surface area (Å²) in [4.78, 5) is 0. The van der Waals surface area contributed by atoms with Crippen LogP contribution in [-0.4, -0.2) is 37.1 Å². The van der Waals surface area contributed by atoms with Crippen LogP contribution in [0.1, 0.15) is 0 Å². The molecular formula is C10H4F10O5. The van der Waals surface area contributed by atoms with E-state index in [2.05, 4.69) is 23.7 Å². The lowest BCUT2D eigenvalue weighted by molar-refractivity contribution is -0.325. The Kier molecular flexibility index (Phi) is 4.42. The van der Waals surface area contributed by atoms with E-state index in [1.54, 1.807) is 0 Å². The van der Waals surface area contributed by atoms with Crippen LogP contribution in [-0.2, 0) is 23.7 Å². The third kappa shape index (κ3) is 3.23. The van der Waals surface area contributed by atoms with Gasteiger partial charge < -0.3 is 23.7 Å². The molecule has 0 spiro atoms. The van der Waals surface area contributed by atoms with Crippen molar-refractivity contribution in [2.45, 2.75) is 23.9 Å². The molecule has 2 fully saturated rings. The van der Waals surface area contributed by atoms with Crippen molar-refractivity contribution in [2.75, 3.05) is 13.2 Å². The van der Waals surface area contributed by atoms with Crippen molar-refractivity contribution in [3.63, 3.8) is 0 Å². The molecule has 0 saturated carbocycles. The van der Waals surface area contributed by atoms with Gasteiger partial charge in [0.05, 0.1) is 0 Å². The molecule has 0 aromatic heterocycles. The maximum atomic E-state index is 13.8. The second-order valence-electron chi connectivity index (χ2n) is 4.49. The van der Waals surface area contributed by atoms with E-state index in [9.17, 15) is 43.9 Å². The fourth-order valence-electron chi connectivity index (χ4n) is 1.53. The maximum absolute atomic E-state index is 13.8. The molecule has 0 N–H and O–H groups in total. The summed E-state index contributed by atoms with van der Waals surface area (Å²) in [7, 11) is 0. The molecule has 5 nitrogen and oxygen atoms in total. The van der Waals surface area contributed by atoms with E-state index < -0.39 is 61.2 Å². The first-order valence-electron chi connectivity index (χ1n) is 5.81. The predicted octanol–water partition coefficient (Wildman–Crippen LogP) is 3.75. The molecule has 15 heteroatoms. The van der Waals surface area contributed by atoms with Gasteiger partial charge in [0.2, 0.25) is 0 Å². The van der Waals surface area contributed by atoms with Crippen molar-refractivity contribution >= 4 is 0 Å². The first kappa shape index (κ1) is 19.3. The normalized spacial score (nSPS) is 32.6. The summed E-state index contributed by atoms with van der Waals surface area (Å²) in [6.07, 6.45) is -16.1. The largest absolute Gasteiger partial charge is 0.476 e. The van der Waals surface area contributed by atoms with Crippen LogP contribution in [0.25, 0.3) is 0 Å². The molecule has 2 rings (SSSR count). The van der Waals surface area contributed by atoms with Crippen LogP contribution in [0.15, 0.2) is 24.1 Å². The molecule has 0 bridgehead atoms. The van der Waals surface area contributed by atoms with E-state index in [-0.39, 0.29) is 0 Å². The maximum Gasteiger partial charge on any atom is 0.476 e. The van der Waals surface area contributed by atoms with Gasteiger partial charge in [0.25, 0.3) is 0 Å². The Morgan fingerprint density at radius 2 is 0.960 bits per heavy atom. The molecule has 144 valence electrons. The first-order chi connectivity index (χ1) is 11.2. The second-order valence-corrected chi connectivity index (χ2v) is 4.49. The highest BCUT2D eigenvalue weighted by Crippen LogP contribution is 2.48. The third-order valence-electron chi connectivity index (χ3n) is 2.70. The molecule has 2 heterocycles. The van der Waals surface area contributed by atoms with Gasteiger partial charge in [0.1, 0.15) is 13.2 Å². The van der Waals surface area contributed by atoms with Gasteiger partial charge in [-0.1, -0.05) is 0 Å². The molecule has 2 atom stereocenters. The molecule has 2 aliphatic heterocycles. The zero-order chi connectivity index (χ0) is 19.3. The Morgan fingerprint density at radius 3 is 1.20 bits per heavy atom. The lowest BCUT2D eigenvalue weighted by Gasteiger charge is -2.24. The van der Waals surface area contributed by atoms with E-state index >= 15 is 0 Å². The highest BCUT2D eigenvalue weighted by atomic mass is 19.3. The minimum atomic E-state index is -5.05. The zero-order valence-electron chi connectivity index (χ0n) is 11.2. The minimum Gasteiger partial charge on any atom is -0.412 e. The fourth-order valence-corrected chi connectivity index (χ4v) is 1.53. The zero-order valence-corrected chi connectivity index (χ0v) is 11.2. The summed E-state index contributed by atoms with van der Waals surface area (Å²) in [5.41, 5.74) is 0.